The maximum absolute atomic E-state index is 13.1. The average molecular weight is 537 g/mol. The summed E-state index contributed by atoms with van der Waals surface area (Å²) in [6.07, 6.45) is 3.47. The van der Waals surface area contributed by atoms with Crippen LogP contribution in [0.4, 0.5) is 5.95 Å². The van der Waals surface area contributed by atoms with Gasteiger partial charge in [0.15, 0.2) is 5.75 Å². The molecule has 0 aliphatic carbocycles. The van der Waals surface area contributed by atoms with Crippen LogP contribution in [0.2, 0.25) is 5.02 Å². The number of anilines is 1. The number of aliphatic hydroxyl groups excluding tert-OH is 1. The smallest absolute Gasteiger partial charge is 0.274 e. The van der Waals surface area contributed by atoms with E-state index in [1.54, 1.807) is 42.2 Å². The van der Waals surface area contributed by atoms with Gasteiger partial charge in [0.25, 0.3) is 5.56 Å². The molecule has 4 aromatic rings. The Balaban J connectivity index is 1.49. The van der Waals surface area contributed by atoms with Crippen LogP contribution in [0.5, 0.6) is 5.75 Å². The van der Waals surface area contributed by atoms with Crippen molar-refractivity contribution in [3.8, 4) is 16.9 Å². The van der Waals surface area contributed by atoms with E-state index in [9.17, 15) is 14.7 Å². The molecule has 38 heavy (non-hydrogen) atoms. The first kappa shape index (κ1) is 25.7. The summed E-state index contributed by atoms with van der Waals surface area (Å²) in [4.78, 5) is 37.9. The van der Waals surface area contributed by atoms with Crippen LogP contribution in [-0.2, 0) is 18.4 Å². The lowest BCUT2D eigenvalue weighted by atomic mass is 10.1. The molecule has 0 saturated carbocycles. The van der Waals surface area contributed by atoms with E-state index in [0.717, 1.165) is 16.7 Å². The predicted octanol–water partition coefficient (Wildman–Crippen LogP) is 2.54. The Morgan fingerprint density at radius 1 is 1.16 bits per heavy atom. The van der Waals surface area contributed by atoms with Crippen molar-refractivity contribution >= 4 is 34.4 Å². The molecule has 1 fully saturated rings. The Morgan fingerprint density at radius 3 is 2.55 bits per heavy atom. The van der Waals surface area contributed by atoms with Crippen molar-refractivity contribution in [1.29, 1.82) is 0 Å². The number of amides is 1. The number of methoxy groups -OCH3 is 1. The van der Waals surface area contributed by atoms with Gasteiger partial charge in [-0.25, -0.2) is 9.97 Å². The van der Waals surface area contributed by atoms with Crippen LogP contribution in [0, 0.1) is 0 Å². The number of ether oxygens (including phenoxy) is 1. The van der Waals surface area contributed by atoms with E-state index in [1.165, 1.54) is 0 Å². The predicted molar refractivity (Wildman–Crippen MR) is 146 cm³/mol. The summed E-state index contributed by atoms with van der Waals surface area (Å²) < 4.78 is 9.30. The van der Waals surface area contributed by atoms with Crippen LogP contribution < -0.4 is 15.2 Å². The van der Waals surface area contributed by atoms with E-state index in [2.05, 4.69) is 9.97 Å². The number of fused-ring (bicyclic) bond motifs is 1. The summed E-state index contributed by atoms with van der Waals surface area (Å²) in [6, 6.07) is 11.1. The standard InChI is InChI=1S/C27H29ClN6O4/c1-17-14-32(10-11-33(17)23(36)16-35)27-29-12-19(13-30-27)20-8-9-21-24(25(20)38-3)34(31(2)26(21)37)15-18-6-4-5-7-22(18)28/h4-9,12-13,17,35H,10-11,14-16H2,1-3H3. The van der Waals surface area contributed by atoms with Crippen molar-refractivity contribution < 1.29 is 14.6 Å². The van der Waals surface area contributed by atoms with E-state index >= 15 is 0 Å². The number of carbonyl (C=O) groups is 1. The third-order valence-corrected chi connectivity index (χ3v) is 7.44. The van der Waals surface area contributed by atoms with Crippen LogP contribution in [0.25, 0.3) is 22.0 Å². The molecule has 1 unspecified atom stereocenters. The zero-order chi connectivity index (χ0) is 27.0. The van der Waals surface area contributed by atoms with Gasteiger partial charge in [-0.05, 0) is 30.7 Å². The van der Waals surface area contributed by atoms with Crippen LogP contribution in [0.3, 0.4) is 0 Å². The number of hydrogen-bond acceptors (Lipinski definition) is 7. The van der Waals surface area contributed by atoms with Crippen molar-refractivity contribution in [1.82, 2.24) is 24.2 Å². The number of aliphatic hydroxyl groups is 1. The highest BCUT2D eigenvalue weighted by Crippen LogP contribution is 2.36. The van der Waals surface area contributed by atoms with Gasteiger partial charge in [-0.15, -0.1) is 0 Å². The molecule has 1 saturated heterocycles. The lowest BCUT2D eigenvalue weighted by Gasteiger charge is -2.39. The average Bonchev–Trinajstić information content (AvgIpc) is 3.18. The molecule has 0 bridgehead atoms. The van der Waals surface area contributed by atoms with Crippen LogP contribution in [0.1, 0.15) is 12.5 Å². The van der Waals surface area contributed by atoms with Gasteiger partial charge >= 0.3 is 0 Å². The maximum Gasteiger partial charge on any atom is 0.274 e. The Labute approximate surface area is 224 Å². The number of halogens is 1. The minimum Gasteiger partial charge on any atom is -0.494 e. The molecular formula is C27H29ClN6O4. The van der Waals surface area contributed by atoms with Gasteiger partial charge in [-0.3, -0.25) is 19.0 Å². The van der Waals surface area contributed by atoms with E-state index < -0.39 is 6.61 Å². The van der Waals surface area contributed by atoms with Crippen molar-refractivity contribution in [3.05, 3.63) is 69.7 Å². The molecule has 0 radical (unpaired) electrons. The zero-order valence-electron chi connectivity index (χ0n) is 21.5. The number of aromatic nitrogens is 4. The molecule has 11 heteroatoms. The van der Waals surface area contributed by atoms with Crippen LogP contribution in [-0.4, -0.2) is 74.6 Å². The molecule has 1 aliphatic heterocycles. The van der Waals surface area contributed by atoms with Gasteiger partial charge in [-0.1, -0.05) is 29.8 Å². The molecule has 1 aliphatic rings. The molecule has 2 aromatic carbocycles. The minimum absolute atomic E-state index is 0.0675. The summed E-state index contributed by atoms with van der Waals surface area (Å²) in [7, 11) is 3.31. The van der Waals surface area contributed by atoms with Crippen molar-refractivity contribution in [2.75, 3.05) is 38.3 Å². The highest BCUT2D eigenvalue weighted by Gasteiger charge is 2.28. The summed E-state index contributed by atoms with van der Waals surface area (Å²) >= 11 is 6.42. The number of benzene rings is 2. The second-order valence-corrected chi connectivity index (χ2v) is 9.74. The first-order chi connectivity index (χ1) is 18.3. The summed E-state index contributed by atoms with van der Waals surface area (Å²) in [5.74, 6) is 0.838. The summed E-state index contributed by atoms with van der Waals surface area (Å²) in [6.45, 7) is 3.48. The largest absolute Gasteiger partial charge is 0.494 e. The molecule has 0 spiro atoms. The van der Waals surface area contributed by atoms with Gasteiger partial charge < -0.3 is 19.6 Å². The molecular weight excluding hydrogens is 508 g/mol. The lowest BCUT2D eigenvalue weighted by Crippen LogP contribution is -2.55. The second-order valence-electron chi connectivity index (χ2n) is 9.33. The minimum atomic E-state index is -0.491. The maximum atomic E-state index is 13.1. The molecule has 198 valence electrons. The fourth-order valence-corrected chi connectivity index (χ4v) is 5.26. The molecule has 1 amide bonds. The van der Waals surface area contributed by atoms with Crippen LogP contribution >= 0.6 is 11.6 Å². The fraction of sp³-hybridized carbons (Fsp3) is 0.333. The third kappa shape index (κ3) is 4.50. The quantitative estimate of drug-likeness (QED) is 0.403. The van der Waals surface area contributed by atoms with Gasteiger partial charge in [0, 0.05) is 61.3 Å². The number of piperazine rings is 1. The monoisotopic (exact) mass is 536 g/mol. The van der Waals surface area contributed by atoms with Gasteiger partial charge in [-0.2, -0.15) is 0 Å². The Morgan fingerprint density at radius 2 is 1.89 bits per heavy atom. The fourth-order valence-electron chi connectivity index (χ4n) is 5.07. The first-order valence-corrected chi connectivity index (χ1v) is 12.7. The molecule has 1 N–H and O–H groups in total. The Hall–Kier alpha value is -3.89. The first-order valence-electron chi connectivity index (χ1n) is 12.3. The van der Waals surface area contributed by atoms with E-state index in [0.29, 0.717) is 53.8 Å². The van der Waals surface area contributed by atoms with Crippen molar-refractivity contribution in [2.45, 2.75) is 19.5 Å². The number of rotatable bonds is 6. The van der Waals surface area contributed by atoms with Gasteiger partial charge in [0.2, 0.25) is 11.9 Å². The molecule has 5 rings (SSSR count). The second kappa shape index (κ2) is 10.5. The van der Waals surface area contributed by atoms with E-state index in [-0.39, 0.29) is 17.5 Å². The summed E-state index contributed by atoms with van der Waals surface area (Å²) in [5, 5.41) is 10.4. The van der Waals surface area contributed by atoms with Gasteiger partial charge in [0.1, 0.15) is 12.1 Å². The third-order valence-electron chi connectivity index (χ3n) is 7.07. The summed E-state index contributed by atoms with van der Waals surface area (Å²) in [5.41, 5.74) is 2.93. The molecule has 3 heterocycles. The molecule has 10 nitrogen and oxygen atoms in total. The highest BCUT2D eigenvalue weighted by molar-refractivity contribution is 6.31. The lowest BCUT2D eigenvalue weighted by molar-refractivity contribution is -0.136. The van der Waals surface area contributed by atoms with Crippen molar-refractivity contribution in [3.63, 3.8) is 0 Å². The van der Waals surface area contributed by atoms with Gasteiger partial charge in [0.05, 0.1) is 19.0 Å². The van der Waals surface area contributed by atoms with Crippen molar-refractivity contribution in [2.24, 2.45) is 7.05 Å². The highest BCUT2D eigenvalue weighted by atomic mass is 35.5. The normalized spacial score (nSPS) is 15.8. The number of hydrogen-bond donors (Lipinski definition) is 1. The van der Waals surface area contributed by atoms with E-state index in [1.807, 2.05) is 46.8 Å². The Kier molecular flexibility index (Phi) is 7.09. The van der Waals surface area contributed by atoms with E-state index in [4.69, 9.17) is 16.3 Å². The number of nitrogens with zero attached hydrogens (tertiary/aromatic N) is 6. The number of carbonyl (C=O) groups excluding carboxylic acids is 1. The molecule has 1 atom stereocenters. The molecule has 2 aromatic heterocycles. The van der Waals surface area contributed by atoms with Crippen LogP contribution in [0.15, 0.2) is 53.6 Å². The SMILES string of the molecule is COc1c(-c2cnc(N3CCN(C(=O)CO)C(C)C3)nc2)ccc2c(=O)n(C)n(Cc3ccccc3Cl)c12. The topological polar surface area (TPSA) is 106 Å². The zero-order valence-corrected chi connectivity index (χ0v) is 22.2. The Bertz CT molecular complexity index is 1550.